The predicted octanol–water partition coefficient (Wildman–Crippen LogP) is 8.20. The molecule has 8 rings (SSSR count). The maximum absolute atomic E-state index is 15.3. The maximum Gasteiger partial charge on any atom is 0.417 e. The van der Waals surface area contributed by atoms with Crippen LogP contribution in [-0.4, -0.2) is 38.7 Å². The lowest BCUT2D eigenvalue weighted by Gasteiger charge is -2.50. The van der Waals surface area contributed by atoms with Crippen molar-refractivity contribution in [3.63, 3.8) is 0 Å². The molecule has 16 heteroatoms. The van der Waals surface area contributed by atoms with Crippen LogP contribution in [0.1, 0.15) is 35.4 Å². The normalized spacial score (nSPS) is 26.4. The van der Waals surface area contributed by atoms with E-state index in [1.807, 2.05) is 0 Å². The summed E-state index contributed by atoms with van der Waals surface area (Å²) in [6, 6.07) is 17.1. The van der Waals surface area contributed by atoms with Gasteiger partial charge in [0.2, 0.25) is 11.8 Å². The van der Waals surface area contributed by atoms with Gasteiger partial charge in [-0.2, -0.15) is 18.2 Å². The summed E-state index contributed by atoms with van der Waals surface area (Å²) in [5.74, 6) is -10.2. The molecule has 0 radical (unpaired) electrons. The van der Waals surface area contributed by atoms with E-state index in [-0.39, 0.29) is 24.0 Å². The maximum atomic E-state index is 15.3. The number of hydrogen-bond acceptors (Lipinski definition) is 7. The molecular formula is C38H25BrCl2F4N4O5. The first-order chi connectivity index (χ1) is 25.6. The number of halogens is 7. The molecule has 2 saturated heterocycles. The van der Waals surface area contributed by atoms with Crippen LogP contribution in [0.15, 0.2) is 95.1 Å². The van der Waals surface area contributed by atoms with Gasteiger partial charge in [0.05, 0.1) is 39.4 Å². The third-order valence-corrected chi connectivity index (χ3v) is 12.0. The van der Waals surface area contributed by atoms with Crippen LogP contribution in [0, 0.1) is 29.5 Å². The van der Waals surface area contributed by atoms with Gasteiger partial charge < -0.3 is 5.11 Å². The molecule has 1 saturated carbocycles. The number of aromatic nitrogens is 1. The van der Waals surface area contributed by atoms with E-state index in [9.17, 15) is 32.7 Å². The lowest BCUT2D eigenvalue weighted by atomic mass is 9.49. The number of amides is 4. The number of nitrogens with one attached hydrogen (secondary N) is 1. The van der Waals surface area contributed by atoms with E-state index in [0.717, 1.165) is 15.4 Å². The number of nitrogens with zero attached hydrogens (tertiary/aromatic N) is 3. The summed E-state index contributed by atoms with van der Waals surface area (Å²) in [6.07, 6.45) is -2.64. The number of carbonyl (C=O) groups is 4. The lowest BCUT2D eigenvalue weighted by molar-refractivity contribution is -0.139. The van der Waals surface area contributed by atoms with Crippen LogP contribution >= 0.6 is 39.1 Å². The summed E-state index contributed by atoms with van der Waals surface area (Å²) in [6.45, 7) is 0. The number of hydrazine groups is 1. The highest BCUT2D eigenvalue weighted by molar-refractivity contribution is 9.10. The number of phenolic OH excluding ortho intramolecular Hbond substituents is 1. The number of aromatic hydroxyl groups is 1. The van der Waals surface area contributed by atoms with Crippen molar-refractivity contribution < 1.29 is 41.8 Å². The molecule has 6 atom stereocenters. The topological polar surface area (TPSA) is 120 Å². The number of rotatable bonds is 5. The molecule has 2 aliphatic heterocycles. The minimum absolute atomic E-state index is 0.0559. The van der Waals surface area contributed by atoms with Crippen molar-refractivity contribution in [1.82, 2.24) is 9.99 Å². The number of fused-ring (bicyclic) bond motifs is 4. The first-order valence-electron chi connectivity index (χ1n) is 16.6. The van der Waals surface area contributed by atoms with Gasteiger partial charge in [0.25, 0.3) is 11.8 Å². The number of imide groups is 2. The van der Waals surface area contributed by atoms with Crippen LogP contribution < -0.4 is 10.3 Å². The van der Waals surface area contributed by atoms with Gasteiger partial charge in [-0.1, -0.05) is 75.0 Å². The first kappa shape index (κ1) is 36.2. The number of para-hydroxylation sites is 1. The standard InChI is InChI=1S/C38H25BrCl2F4N4O5/c39-19-6-10-21(11-7-19)48-33(51)23-13-12-22-25(29(23)35(48)53)15-26-34(52)49(47-32-27(41)14-18(16-46-32)38(43,44)45)36(54)37(26,17-4-8-20(40)9-5-17)30(22)24-2-1-3-28(42)31(24)50/h1-12,14,16,23,25-26,29-30,50H,13,15H2,(H,46,47). The molecule has 2 aliphatic carbocycles. The predicted molar refractivity (Wildman–Crippen MR) is 192 cm³/mol. The number of alkyl halides is 3. The Morgan fingerprint density at radius 2 is 1.63 bits per heavy atom. The van der Waals surface area contributed by atoms with Crippen molar-refractivity contribution in [2.45, 2.75) is 30.4 Å². The van der Waals surface area contributed by atoms with Crippen molar-refractivity contribution in [2.75, 3.05) is 10.3 Å². The number of carbonyl (C=O) groups excluding carboxylic acids is 4. The van der Waals surface area contributed by atoms with Crippen LogP contribution in [0.5, 0.6) is 5.75 Å². The summed E-state index contributed by atoms with van der Waals surface area (Å²) in [5, 5.41) is 11.7. The van der Waals surface area contributed by atoms with E-state index in [0.29, 0.717) is 33.6 Å². The number of allylic oxidation sites excluding steroid dienone is 2. The van der Waals surface area contributed by atoms with E-state index in [1.165, 1.54) is 36.4 Å². The molecule has 54 heavy (non-hydrogen) atoms. The van der Waals surface area contributed by atoms with Crippen LogP contribution in [0.4, 0.5) is 29.1 Å². The highest BCUT2D eigenvalue weighted by atomic mass is 79.9. The zero-order valence-electron chi connectivity index (χ0n) is 27.5. The van der Waals surface area contributed by atoms with E-state index in [4.69, 9.17) is 23.2 Å². The van der Waals surface area contributed by atoms with Crippen molar-refractivity contribution >= 4 is 74.3 Å². The quantitative estimate of drug-likeness (QED) is 0.118. The van der Waals surface area contributed by atoms with Gasteiger partial charge in [0.15, 0.2) is 17.4 Å². The molecule has 0 bridgehead atoms. The minimum atomic E-state index is -4.78. The van der Waals surface area contributed by atoms with Gasteiger partial charge >= 0.3 is 6.18 Å². The average molecular weight is 844 g/mol. The Balaban J connectivity index is 1.32. The zero-order valence-corrected chi connectivity index (χ0v) is 30.5. The van der Waals surface area contributed by atoms with Gasteiger partial charge in [-0.3, -0.25) is 29.5 Å². The van der Waals surface area contributed by atoms with Crippen molar-refractivity contribution in [1.29, 1.82) is 0 Å². The molecular weight excluding hydrogens is 819 g/mol. The second kappa shape index (κ2) is 12.9. The Kier molecular flexibility index (Phi) is 8.66. The molecule has 4 amide bonds. The van der Waals surface area contributed by atoms with Gasteiger partial charge in [0, 0.05) is 27.2 Å². The molecule has 9 nitrogen and oxygen atoms in total. The monoisotopic (exact) mass is 842 g/mol. The fraction of sp³-hybridized carbons (Fsp3) is 0.237. The third kappa shape index (κ3) is 5.35. The summed E-state index contributed by atoms with van der Waals surface area (Å²) in [5.41, 5.74) is 0.416. The van der Waals surface area contributed by atoms with Crippen molar-refractivity contribution in [3.05, 3.63) is 128 Å². The van der Waals surface area contributed by atoms with Crippen molar-refractivity contribution in [2.24, 2.45) is 23.7 Å². The molecule has 2 N–H and O–H groups in total. The van der Waals surface area contributed by atoms with Crippen LogP contribution in [0.3, 0.4) is 0 Å². The Hall–Kier alpha value is -4.79. The van der Waals surface area contributed by atoms with Gasteiger partial charge in [-0.15, -0.1) is 0 Å². The Morgan fingerprint density at radius 1 is 0.926 bits per heavy atom. The SMILES string of the molecule is O=C1C2CC3C(=CCC4C(=O)N(c5ccc(Br)cc5)C(=O)C43)C(c3cccc(F)c3O)C2(c2ccc(Cl)cc2)C(=O)N1Nc1ncc(C(F)(F)F)cc1Cl. The number of hydrogen-bond donors (Lipinski definition) is 2. The van der Waals surface area contributed by atoms with Crippen LogP contribution in [0.2, 0.25) is 10.0 Å². The smallest absolute Gasteiger partial charge is 0.417 e. The highest BCUT2D eigenvalue weighted by Gasteiger charge is 2.71. The fourth-order valence-corrected chi connectivity index (χ4v) is 9.34. The molecule has 4 aromatic rings. The summed E-state index contributed by atoms with van der Waals surface area (Å²) in [7, 11) is 0. The van der Waals surface area contributed by atoms with Gasteiger partial charge in [0.1, 0.15) is 0 Å². The van der Waals surface area contributed by atoms with Gasteiger partial charge in [-0.25, -0.2) is 9.37 Å². The van der Waals surface area contributed by atoms with E-state index < -0.39 is 92.8 Å². The Morgan fingerprint density at radius 3 is 2.30 bits per heavy atom. The zero-order chi connectivity index (χ0) is 38.4. The largest absolute Gasteiger partial charge is 0.505 e. The minimum Gasteiger partial charge on any atom is -0.505 e. The second-order valence-corrected chi connectivity index (χ2v) is 15.3. The number of pyridine rings is 1. The summed E-state index contributed by atoms with van der Waals surface area (Å²) in [4.78, 5) is 63.1. The number of benzene rings is 3. The van der Waals surface area contributed by atoms with Crippen LogP contribution in [0.25, 0.3) is 0 Å². The summed E-state index contributed by atoms with van der Waals surface area (Å²) >= 11 is 15.8. The average Bonchev–Trinajstić information content (AvgIpc) is 3.51. The van der Waals surface area contributed by atoms with Gasteiger partial charge in [-0.05, 0) is 72.9 Å². The molecule has 4 aliphatic rings. The van der Waals surface area contributed by atoms with Crippen molar-refractivity contribution in [3.8, 4) is 5.75 Å². The van der Waals surface area contributed by atoms with E-state index in [2.05, 4.69) is 26.3 Å². The summed E-state index contributed by atoms with van der Waals surface area (Å²) < 4.78 is 56.3. The lowest BCUT2D eigenvalue weighted by Crippen LogP contribution is -2.53. The molecule has 3 aromatic carbocycles. The molecule has 3 fully saturated rings. The fourth-order valence-electron chi connectivity index (χ4n) is 8.74. The van der Waals surface area contributed by atoms with E-state index >= 15 is 9.18 Å². The molecule has 3 heterocycles. The Bertz CT molecular complexity index is 2310. The molecule has 276 valence electrons. The molecule has 1 aromatic heterocycles. The molecule has 6 unspecified atom stereocenters. The highest BCUT2D eigenvalue weighted by Crippen LogP contribution is 2.65. The molecule has 0 spiro atoms. The van der Waals surface area contributed by atoms with E-state index in [1.54, 1.807) is 30.3 Å². The Labute approximate surface area is 322 Å². The number of phenols is 1. The number of anilines is 2. The third-order valence-electron chi connectivity index (χ3n) is 11.0. The first-order valence-corrected chi connectivity index (χ1v) is 18.1. The van der Waals surface area contributed by atoms with Crippen LogP contribution in [-0.2, 0) is 30.8 Å². The second-order valence-electron chi connectivity index (χ2n) is 13.6.